The van der Waals surface area contributed by atoms with Crippen LogP contribution in [0.1, 0.15) is 71.6 Å². The zero-order valence-corrected chi connectivity index (χ0v) is 17.6. The predicted octanol–water partition coefficient (Wildman–Crippen LogP) is 4.95. The van der Waals surface area contributed by atoms with E-state index in [2.05, 4.69) is 18.4 Å². The van der Waals surface area contributed by atoms with Crippen molar-refractivity contribution < 1.29 is 28.0 Å². The van der Waals surface area contributed by atoms with Crippen molar-refractivity contribution in [3.63, 3.8) is 0 Å². The highest BCUT2D eigenvalue weighted by molar-refractivity contribution is 8.14. The summed E-state index contributed by atoms with van der Waals surface area (Å²) in [5, 5.41) is -0.229. The summed E-state index contributed by atoms with van der Waals surface area (Å²) in [6.07, 6.45) is 9.17. The molecule has 0 fully saturated rings. The first-order valence-corrected chi connectivity index (χ1v) is 11.6. The first kappa shape index (κ1) is 25.1. The largest absolute Gasteiger partial charge is 0.471 e. The number of phosphoric ester groups is 1. The average molecular weight is 399 g/mol. The molecular formula is C17H35O6PS. The lowest BCUT2D eigenvalue weighted by atomic mass is 10.1. The number of carbonyl (C=O) groups excluding carboxylic acids is 1. The van der Waals surface area contributed by atoms with Crippen LogP contribution in [0.25, 0.3) is 0 Å². The third-order valence-corrected chi connectivity index (χ3v) is 5.64. The summed E-state index contributed by atoms with van der Waals surface area (Å²) in [5.41, 5.74) is 0. The standard InChI is InChI=1S/C17H35O6PS/c1-4-6-8-9-10-12-17(18)25-16(14-22-13-11-7-5-2)15-23-24(19,20)21-3/h16H,4-15H2,1-3H3,(H,19,20)/t16-/m1/s1. The molecule has 0 aliphatic rings. The van der Waals surface area contributed by atoms with Gasteiger partial charge >= 0.3 is 7.82 Å². The number of thioether (sulfide) groups is 1. The van der Waals surface area contributed by atoms with E-state index in [-0.39, 0.29) is 17.0 Å². The topological polar surface area (TPSA) is 82.1 Å². The quantitative estimate of drug-likeness (QED) is 0.274. The van der Waals surface area contributed by atoms with Crippen LogP contribution in [0, 0.1) is 0 Å². The molecule has 150 valence electrons. The summed E-state index contributed by atoms with van der Waals surface area (Å²) in [6.45, 7) is 5.17. The van der Waals surface area contributed by atoms with Crippen LogP contribution in [0.5, 0.6) is 0 Å². The number of hydrogen-bond donors (Lipinski definition) is 1. The average Bonchev–Trinajstić information content (AvgIpc) is 2.59. The molecule has 0 bridgehead atoms. The van der Waals surface area contributed by atoms with E-state index in [0.717, 1.165) is 57.4 Å². The van der Waals surface area contributed by atoms with Gasteiger partial charge in [0.05, 0.1) is 18.5 Å². The van der Waals surface area contributed by atoms with Gasteiger partial charge in [-0.2, -0.15) is 0 Å². The fourth-order valence-electron chi connectivity index (χ4n) is 2.13. The highest BCUT2D eigenvalue weighted by Gasteiger charge is 2.23. The van der Waals surface area contributed by atoms with E-state index < -0.39 is 7.82 Å². The normalized spacial score (nSPS) is 15.0. The Bertz CT molecular complexity index is 380. The fraction of sp³-hybridized carbons (Fsp3) is 0.941. The van der Waals surface area contributed by atoms with Crippen molar-refractivity contribution in [2.45, 2.75) is 76.9 Å². The van der Waals surface area contributed by atoms with E-state index in [1.165, 1.54) is 12.8 Å². The lowest BCUT2D eigenvalue weighted by molar-refractivity contribution is -0.111. The van der Waals surface area contributed by atoms with Crippen molar-refractivity contribution in [2.24, 2.45) is 0 Å². The predicted molar refractivity (Wildman–Crippen MR) is 103 cm³/mol. The molecule has 0 aromatic heterocycles. The van der Waals surface area contributed by atoms with Gasteiger partial charge in [0, 0.05) is 20.1 Å². The van der Waals surface area contributed by atoms with Crippen LogP contribution in [0.4, 0.5) is 0 Å². The molecule has 0 aliphatic heterocycles. The molecule has 1 N–H and O–H groups in total. The molecule has 2 atom stereocenters. The summed E-state index contributed by atoms with van der Waals surface area (Å²) in [5.74, 6) is 0. The van der Waals surface area contributed by atoms with Crippen molar-refractivity contribution in [3.8, 4) is 0 Å². The Hall–Kier alpha value is 0.0900. The fourth-order valence-corrected chi connectivity index (χ4v) is 3.64. The molecule has 8 heteroatoms. The second kappa shape index (κ2) is 16.3. The lowest BCUT2D eigenvalue weighted by Crippen LogP contribution is -2.21. The minimum Gasteiger partial charge on any atom is -0.380 e. The van der Waals surface area contributed by atoms with Gasteiger partial charge in [-0.15, -0.1) is 0 Å². The van der Waals surface area contributed by atoms with Crippen molar-refractivity contribution in [3.05, 3.63) is 0 Å². The second-order valence-corrected chi connectivity index (χ2v) is 8.92. The summed E-state index contributed by atoms with van der Waals surface area (Å²) < 4.78 is 26.3. The molecule has 0 aromatic rings. The highest BCUT2D eigenvalue weighted by Crippen LogP contribution is 2.42. The van der Waals surface area contributed by atoms with Gasteiger partial charge < -0.3 is 9.63 Å². The van der Waals surface area contributed by atoms with Crippen LogP contribution in [-0.2, 0) is 23.1 Å². The summed E-state index contributed by atoms with van der Waals surface area (Å²) >= 11 is 1.15. The van der Waals surface area contributed by atoms with Gasteiger partial charge in [0.25, 0.3) is 0 Å². The molecule has 0 amide bonds. The second-order valence-electron chi connectivity index (χ2n) is 6.00. The number of carbonyl (C=O) groups is 1. The van der Waals surface area contributed by atoms with Crippen molar-refractivity contribution >= 4 is 24.7 Å². The van der Waals surface area contributed by atoms with Gasteiger partial charge in [-0.3, -0.25) is 13.8 Å². The molecule has 1 unspecified atom stereocenters. The zero-order chi connectivity index (χ0) is 19.0. The Kier molecular flexibility index (Phi) is 16.3. The van der Waals surface area contributed by atoms with E-state index >= 15 is 0 Å². The maximum atomic E-state index is 12.1. The molecule has 0 saturated heterocycles. The van der Waals surface area contributed by atoms with E-state index in [1.54, 1.807) is 0 Å². The zero-order valence-electron chi connectivity index (χ0n) is 15.9. The van der Waals surface area contributed by atoms with E-state index in [9.17, 15) is 14.3 Å². The monoisotopic (exact) mass is 398 g/mol. The lowest BCUT2D eigenvalue weighted by Gasteiger charge is -2.17. The number of unbranched alkanes of at least 4 members (excludes halogenated alkanes) is 6. The van der Waals surface area contributed by atoms with Gasteiger partial charge in [0.1, 0.15) is 0 Å². The molecule has 25 heavy (non-hydrogen) atoms. The van der Waals surface area contributed by atoms with Crippen molar-refractivity contribution in [1.29, 1.82) is 0 Å². The van der Waals surface area contributed by atoms with Gasteiger partial charge in [-0.1, -0.05) is 64.1 Å². The Morgan fingerprint density at radius 1 is 1.04 bits per heavy atom. The molecule has 0 aliphatic carbocycles. The SMILES string of the molecule is CCCCCCCC(=O)S[C@H](COCCCCC)COP(=O)(O)OC. The van der Waals surface area contributed by atoms with Crippen LogP contribution in [-0.4, -0.2) is 42.2 Å². The molecule has 0 spiro atoms. The molecule has 0 saturated carbocycles. The molecule has 0 radical (unpaired) electrons. The smallest absolute Gasteiger partial charge is 0.380 e. The van der Waals surface area contributed by atoms with Gasteiger partial charge in [-0.05, 0) is 12.8 Å². The maximum absolute atomic E-state index is 12.1. The van der Waals surface area contributed by atoms with Crippen LogP contribution in [0.15, 0.2) is 0 Å². The van der Waals surface area contributed by atoms with Crippen LogP contribution >= 0.6 is 19.6 Å². The third kappa shape index (κ3) is 16.0. The maximum Gasteiger partial charge on any atom is 0.471 e. The number of hydrogen-bond acceptors (Lipinski definition) is 6. The molecule has 0 rings (SSSR count). The van der Waals surface area contributed by atoms with Gasteiger partial charge in [-0.25, -0.2) is 4.57 Å². The number of ether oxygens (including phenoxy) is 1. The number of phosphoric acid groups is 1. The molecule has 6 nitrogen and oxygen atoms in total. The minimum absolute atomic E-state index is 0.0539. The van der Waals surface area contributed by atoms with Crippen molar-refractivity contribution in [1.82, 2.24) is 0 Å². The van der Waals surface area contributed by atoms with Gasteiger partial charge in [0.2, 0.25) is 0 Å². The molecule has 0 heterocycles. The first-order chi connectivity index (χ1) is 11.9. The molecule has 0 aromatic carbocycles. The first-order valence-electron chi connectivity index (χ1n) is 9.25. The van der Waals surface area contributed by atoms with Crippen molar-refractivity contribution in [2.75, 3.05) is 26.9 Å². The van der Waals surface area contributed by atoms with Crippen LogP contribution in [0.3, 0.4) is 0 Å². The van der Waals surface area contributed by atoms with E-state index in [1.807, 2.05) is 0 Å². The minimum atomic E-state index is -4.03. The van der Waals surface area contributed by atoms with Gasteiger partial charge in [0.15, 0.2) is 5.12 Å². The Balaban J connectivity index is 4.21. The third-order valence-electron chi connectivity index (χ3n) is 3.63. The Labute approximate surface area is 157 Å². The summed E-state index contributed by atoms with van der Waals surface area (Å²) in [6, 6.07) is 0. The highest BCUT2D eigenvalue weighted by atomic mass is 32.2. The Morgan fingerprint density at radius 3 is 2.32 bits per heavy atom. The van der Waals surface area contributed by atoms with Crippen LogP contribution < -0.4 is 0 Å². The van der Waals surface area contributed by atoms with E-state index in [0.29, 0.717) is 19.6 Å². The Morgan fingerprint density at radius 2 is 1.68 bits per heavy atom. The molecular weight excluding hydrogens is 363 g/mol. The van der Waals surface area contributed by atoms with Crippen LogP contribution in [0.2, 0.25) is 0 Å². The number of rotatable bonds is 17. The summed E-state index contributed by atoms with van der Waals surface area (Å²) in [7, 11) is -2.92. The summed E-state index contributed by atoms with van der Waals surface area (Å²) in [4.78, 5) is 21.5. The van der Waals surface area contributed by atoms with E-state index in [4.69, 9.17) is 9.26 Å².